The molecule has 5 aliphatic carbocycles. The summed E-state index contributed by atoms with van der Waals surface area (Å²) in [5.74, 6) is 5.79. The highest BCUT2D eigenvalue weighted by atomic mass is 16.1. The van der Waals surface area contributed by atoms with Crippen LogP contribution in [0.2, 0.25) is 0 Å². The molecule has 0 radical (unpaired) electrons. The molecule has 0 aromatic carbocycles. The van der Waals surface area contributed by atoms with Gasteiger partial charge in [-0.1, -0.05) is 104 Å². The number of fused-ring (bicyclic) bond motifs is 6. The van der Waals surface area contributed by atoms with E-state index in [1.165, 1.54) is 109 Å². The molecule has 0 aromatic heterocycles. The van der Waals surface area contributed by atoms with Crippen LogP contribution < -0.4 is 0 Å². The van der Waals surface area contributed by atoms with Gasteiger partial charge < -0.3 is 0 Å². The summed E-state index contributed by atoms with van der Waals surface area (Å²) in [5, 5.41) is 0. The number of Topliss-reactive ketones (excluding diaryl/α,β-unsaturated/α-hetero) is 2. The van der Waals surface area contributed by atoms with Gasteiger partial charge in [0.05, 0.1) is 0 Å². The molecule has 0 bridgehead atoms. The molecule has 0 aromatic rings. The number of unbranched alkanes of at least 4 members (excludes halogenated alkanes) is 9. The Labute approximate surface area is 216 Å². The Balaban J connectivity index is 1.25. The molecule has 198 valence electrons. The first-order valence-corrected chi connectivity index (χ1v) is 16.2. The molecule has 0 heterocycles. The van der Waals surface area contributed by atoms with E-state index in [0.29, 0.717) is 64.8 Å². The van der Waals surface area contributed by atoms with Crippen molar-refractivity contribution in [3.63, 3.8) is 0 Å². The molecular weight excluding hydrogens is 428 g/mol. The highest BCUT2D eigenvalue weighted by molar-refractivity contribution is 5.90. The average Bonchev–Trinajstić information content (AvgIpc) is 3.35. The Morgan fingerprint density at radius 1 is 0.600 bits per heavy atom. The van der Waals surface area contributed by atoms with Gasteiger partial charge in [-0.2, -0.15) is 0 Å². The van der Waals surface area contributed by atoms with Crippen molar-refractivity contribution in [1.82, 2.24) is 0 Å². The lowest BCUT2D eigenvalue weighted by Gasteiger charge is -2.49. The number of ketones is 2. The molecule has 0 N–H and O–H groups in total. The summed E-state index contributed by atoms with van der Waals surface area (Å²) in [6.07, 6.45) is 24.9. The van der Waals surface area contributed by atoms with Gasteiger partial charge in [0.1, 0.15) is 11.6 Å². The molecule has 0 saturated heterocycles. The second kappa shape index (κ2) is 11.8. The van der Waals surface area contributed by atoms with Gasteiger partial charge in [-0.05, 0) is 67.6 Å². The Morgan fingerprint density at radius 2 is 1.09 bits per heavy atom. The average molecular weight is 483 g/mol. The topological polar surface area (TPSA) is 34.1 Å². The molecule has 5 aliphatic rings. The van der Waals surface area contributed by atoms with Gasteiger partial charge in [0.2, 0.25) is 0 Å². The van der Waals surface area contributed by atoms with Gasteiger partial charge in [-0.3, -0.25) is 9.59 Å². The van der Waals surface area contributed by atoms with Crippen LogP contribution in [-0.2, 0) is 9.59 Å². The van der Waals surface area contributed by atoms with Gasteiger partial charge in [-0.15, -0.1) is 0 Å². The minimum atomic E-state index is 0.283. The molecule has 5 rings (SSSR count). The van der Waals surface area contributed by atoms with Crippen molar-refractivity contribution in [1.29, 1.82) is 0 Å². The maximum Gasteiger partial charge on any atom is 0.139 e. The largest absolute Gasteiger partial charge is 0.299 e. The lowest BCUT2D eigenvalue weighted by Crippen LogP contribution is -2.47. The first-order valence-electron chi connectivity index (χ1n) is 16.2. The minimum Gasteiger partial charge on any atom is -0.299 e. The van der Waals surface area contributed by atoms with E-state index in [1.54, 1.807) is 0 Å². The first-order chi connectivity index (χ1) is 17.1. The number of carbonyl (C=O) groups excluding carboxylic acids is 2. The van der Waals surface area contributed by atoms with Crippen LogP contribution in [0.25, 0.3) is 0 Å². The summed E-state index contributed by atoms with van der Waals surface area (Å²) in [7, 11) is 0. The molecule has 10 unspecified atom stereocenters. The zero-order valence-electron chi connectivity index (χ0n) is 23.0. The number of hydrogen-bond donors (Lipinski definition) is 0. The number of rotatable bonds is 11. The van der Waals surface area contributed by atoms with Crippen molar-refractivity contribution in [3.8, 4) is 0 Å². The molecule has 2 heteroatoms. The van der Waals surface area contributed by atoms with Crippen molar-refractivity contribution >= 4 is 11.6 Å². The fourth-order valence-corrected chi connectivity index (χ4v) is 10.5. The molecule has 5 saturated carbocycles. The molecule has 0 spiro atoms. The third-order valence-corrected chi connectivity index (χ3v) is 11.9. The molecule has 2 nitrogen and oxygen atoms in total. The first kappa shape index (κ1) is 26.0. The maximum atomic E-state index is 14.0. The lowest BCUT2D eigenvalue weighted by atomic mass is 9.54. The van der Waals surface area contributed by atoms with E-state index in [-0.39, 0.29) is 5.92 Å². The van der Waals surface area contributed by atoms with Gasteiger partial charge >= 0.3 is 0 Å². The van der Waals surface area contributed by atoms with Crippen LogP contribution in [0.3, 0.4) is 0 Å². The van der Waals surface area contributed by atoms with Crippen LogP contribution in [-0.4, -0.2) is 11.6 Å². The molecule has 0 aliphatic heterocycles. The molecular formula is C33H54O2. The van der Waals surface area contributed by atoms with Crippen molar-refractivity contribution in [2.45, 2.75) is 136 Å². The fraction of sp³-hybridized carbons (Fsp3) is 0.939. The van der Waals surface area contributed by atoms with Gasteiger partial charge in [0.15, 0.2) is 0 Å². The number of hydrogen-bond acceptors (Lipinski definition) is 2. The van der Waals surface area contributed by atoms with Crippen LogP contribution in [0.1, 0.15) is 136 Å². The van der Waals surface area contributed by atoms with E-state index in [2.05, 4.69) is 13.8 Å². The van der Waals surface area contributed by atoms with E-state index in [4.69, 9.17) is 0 Å². The maximum absolute atomic E-state index is 14.0. The monoisotopic (exact) mass is 482 g/mol. The van der Waals surface area contributed by atoms with Crippen molar-refractivity contribution in [3.05, 3.63) is 0 Å². The third-order valence-electron chi connectivity index (χ3n) is 11.9. The van der Waals surface area contributed by atoms with Gasteiger partial charge in [-0.25, -0.2) is 0 Å². The summed E-state index contributed by atoms with van der Waals surface area (Å²) in [4.78, 5) is 27.8. The predicted molar refractivity (Wildman–Crippen MR) is 144 cm³/mol. The number of carbonyl (C=O) groups is 2. The zero-order valence-corrected chi connectivity index (χ0v) is 23.0. The Hall–Kier alpha value is -0.660. The highest BCUT2D eigenvalue weighted by Crippen LogP contribution is 2.65. The van der Waals surface area contributed by atoms with E-state index >= 15 is 0 Å². The van der Waals surface area contributed by atoms with Crippen LogP contribution in [0, 0.1) is 59.2 Å². The smallest absolute Gasteiger partial charge is 0.139 e. The van der Waals surface area contributed by atoms with E-state index in [0.717, 1.165) is 12.8 Å². The minimum absolute atomic E-state index is 0.283. The second-order valence-electron chi connectivity index (χ2n) is 13.6. The fourth-order valence-electron chi connectivity index (χ4n) is 10.5. The zero-order chi connectivity index (χ0) is 24.4. The quantitative estimate of drug-likeness (QED) is 0.276. The SMILES string of the molecule is CCCCCCCCCCCCC1C2C(=O)C3CCCCC3C2C(C)C2C(=O)C3CCCCC3C12. The normalized spacial score (nSPS) is 42.5. The summed E-state index contributed by atoms with van der Waals surface area (Å²) in [6.45, 7) is 4.70. The Bertz CT molecular complexity index is 725. The standard InChI is InChI=1S/C33H54O2/c1-3-4-5-6-7-8-9-10-11-12-21-27-30-24-18-14-16-20-26(24)32(34)29(30)22(2)28-23-17-13-15-19-25(23)33(35)31(27)28/h22-31H,3-21H2,1-2H3. The third kappa shape index (κ3) is 4.95. The highest BCUT2D eigenvalue weighted by Gasteiger charge is 2.66. The van der Waals surface area contributed by atoms with Gasteiger partial charge in [0.25, 0.3) is 0 Å². The summed E-state index contributed by atoms with van der Waals surface area (Å²) in [6, 6.07) is 0. The van der Waals surface area contributed by atoms with Crippen LogP contribution in [0.15, 0.2) is 0 Å². The van der Waals surface area contributed by atoms with Crippen molar-refractivity contribution < 1.29 is 9.59 Å². The predicted octanol–water partition coefficient (Wildman–Crippen LogP) is 8.81. The van der Waals surface area contributed by atoms with E-state index in [9.17, 15) is 9.59 Å². The van der Waals surface area contributed by atoms with E-state index < -0.39 is 0 Å². The Kier molecular flexibility index (Phi) is 8.76. The molecule has 5 fully saturated rings. The molecule has 35 heavy (non-hydrogen) atoms. The van der Waals surface area contributed by atoms with Crippen molar-refractivity contribution in [2.75, 3.05) is 0 Å². The van der Waals surface area contributed by atoms with Crippen LogP contribution in [0.4, 0.5) is 0 Å². The van der Waals surface area contributed by atoms with Crippen LogP contribution >= 0.6 is 0 Å². The lowest BCUT2D eigenvalue weighted by molar-refractivity contribution is -0.135. The second-order valence-corrected chi connectivity index (χ2v) is 13.6. The summed E-state index contributed by atoms with van der Waals surface area (Å²) < 4.78 is 0. The Morgan fingerprint density at radius 3 is 1.69 bits per heavy atom. The molecule has 10 atom stereocenters. The molecule has 0 amide bonds. The van der Waals surface area contributed by atoms with E-state index in [1.807, 2.05) is 0 Å². The summed E-state index contributed by atoms with van der Waals surface area (Å²) >= 11 is 0. The summed E-state index contributed by atoms with van der Waals surface area (Å²) in [5.41, 5.74) is 0. The van der Waals surface area contributed by atoms with Gasteiger partial charge in [0, 0.05) is 23.7 Å². The van der Waals surface area contributed by atoms with Crippen molar-refractivity contribution in [2.24, 2.45) is 59.2 Å². The van der Waals surface area contributed by atoms with Crippen LogP contribution in [0.5, 0.6) is 0 Å².